The van der Waals surface area contributed by atoms with E-state index in [0.717, 1.165) is 50.0 Å². The number of hydrogen-bond acceptors (Lipinski definition) is 4. The molecule has 1 aromatic rings. The minimum Gasteiger partial charge on any atom is -0.373 e. The van der Waals surface area contributed by atoms with Crippen LogP contribution in [0.3, 0.4) is 0 Å². The average Bonchev–Trinajstić information content (AvgIpc) is 3.08. The molecule has 7 heteroatoms. The molecule has 1 aliphatic rings. The summed E-state index contributed by atoms with van der Waals surface area (Å²) in [6, 6.07) is 0. The van der Waals surface area contributed by atoms with E-state index >= 15 is 0 Å². The fourth-order valence-electron chi connectivity index (χ4n) is 3.10. The molecule has 1 fully saturated rings. The first kappa shape index (κ1) is 21.2. The second kappa shape index (κ2) is 9.60. The molecule has 24 heavy (non-hydrogen) atoms. The zero-order valence-corrected chi connectivity index (χ0v) is 17.8. The lowest BCUT2D eigenvalue weighted by Crippen LogP contribution is -2.40. The van der Waals surface area contributed by atoms with E-state index in [-0.39, 0.29) is 29.6 Å². The van der Waals surface area contributed by atoms with Gasteiger partial charge in [0.1, 0.15) is 5.76 Å². The van der Waals surface area contributed by atoms with Crippen LogP contribution >= 0.6 is 24.0 Å². The van der Waals surface area contributed by atoms with Crippen molar-refractivity contribution in [1.29, 1.82) is 0 Å². The first-order chi connectivity index (χ1) is 10.9. The van der Waals surface area contributed by atoms with Crippen LogP contribution in [0.5, 0.6) is 0 Å². The predicted molar refractivity (Wildman–Crippen MR) is 107 cm³/mol. The molecule has 1 aromatic heterocycles. The molecular weight excluding hydrogens is 419 g/mol. The van der Waals surface area contributed by atoms with Crippen molar-refractivity contribution in [3.05, 3.63) is 17.0 Å². The SMILES string of the molecule is CCNC(=NCC1(C)CCCO1)NCC(C)c1c(C)noc1C.I. The molecule has 0 bridgehead atoms. The Morgan fingerprint density at radius 1 is 1.38 bits per heavy atom. The number of nitrogens with one attached hydrogen (secondary N) is 2. The van der Waals surface area contributed by atoms with E-state index in [4.69, 9.17) is 14.3 Å². The minimum absolute atomic E-state index is 0. The first-order valence-electron chi connectivity index (χ1n) is 8.54. The molecule has 2 N–H and O–H groups in total. The lowest BCUT2D eigenvalue weighted by molar-refractivity contribution is 0.0283. The summed E-state index contributed by atoms with van der Waals surface area (Å²) in [5, 5.41) is 10.7. The van der Waals surface area contributed by atoms with E-state index in [1.54, 1.807) is 0 Å². The Kier molecular flexibility index (Phi) is 8.49. The predicted octanol–water partition coefficient (Wildman–Crippen LogP) is 3.14. The van der Waals surface area contributed by atoms with Crippen LogP contribution in [-0.4, -0.2) is 43.0 Å². The maximum absolute atomic E-state index is 5.80. The molecular formula is C17H31IN4O2. The Morgan fingerprint density at radius 3 is 2.67 bits per heavy atom. The number of rotatable bonds is 6. The summed E-state index contributed by atoms with van der Waals surface area (Å²) in [7, 11) is 0. The van der Waals surface area contributed by atoms with Crippen molar-refractivity contribution in [2.75, 3.05) is 26.2 Å². The van der Waals surface area contributed by atoms with Crippen LogP contribution in [0.25, 0.3) is 0 Å². The highest BCUT2D eigenvalue weighted by Crippen LogP contribution is 2.25. The van der Waals surface area contributed by atoms with E-state index in [2.05, 4.69) is 36.6 Å². The molecule has 0 saturated carbocycles. The zero-order chi connectivity index (χ0) is 16.9. The summed E-state index contributed by atoms with van der Waals surface area (Å²) in [4.78, 5) is 4.70. The minimum atomic E-state index is -0.115. The standard InChI is InChI=1S/C17H30N4O2.HI/c1-6-18-16(20-11-17(5)8-7-9-22-17)19-10-12(2)15-13(3)21-23-14(15)4;/h12H,6-11H2,1-5H3,(H2,18,19,20);1H. The lowest BCUT2D eigenvalue weighted by atomic mass is 10.00. The van der Waals surface area contributed by atoms with Gasteiger partial charge in [-0.25, -0.2) is 0 Å². The third kappa shape index (κ3) is 5.61. The zero-order valence-electron chi connectivity index (χ0n) is 15.4. The fraction of sp³-hybridized carbons (Fsp3) is 0.765. The Balaban J connectivity index is 0.00000288. The molecule has 0 aromatic carbocycles. The van der Waals surface area contributed by atoms with Crippen molar-refractivity contribution < 1.29 is 9.26 Å². The van der Waals surface area contributed by atoms with Gasteiger partial charge in [0.05, 0.1) is 17.8 Å². The van der Waals surface area contributed by atoms with Gasteiger partial charge in [-0.3, -0.25) is 4.99 Å². The Morgan fingerprint density at radius 2 is 2.12 bits per heavy atom. The average molecular weight is 450 g/mol. The van der Waals surface area contributed by atoms with Gasteiger partial charge in [0.25, 0.3) is 0 Å². The highest BCUT2D eigenvalue weighted by molar-refractivity contribution is 14.0. The molecule has 0 spiro atoms. The van der Waals surface area contributed by atoms with E-state index in [1.165, 1.54) is 5.56 Å². The number of guanidine groups is 1. The molecule has 0 amide bonds. The number of hydrogen-bond donors (Lipinski definition) is 2. The van der Waals surface area contributed by atoms with Gasteiger partial charge in [-0.15, -0.1) is 24.0 Å². The van der Waals surface area contributed by atoms with Crippen LogP contribution in [0.2, 0.25) is 0 Å². The van der Waals surface area contributed by atoms with Gasteiger partial charge in [0.2, 0.25) is 0 Å². The van der Waals surface area contributed by atoms with Crippen molar-refractivity contribution in [2.24, 2.45) is 4.99 Å². The molecule has 1 saturated heterocycles. The summed E-state index contributed by atoms with van der Waals surface area (Å²) in [5.41, 5.74) is 2.03. The largest absolute Gasteiger partial charge is 0.373 e. The van der Waals surface area contributed by atoms with Gasteiger partial charge >= 0.3 is 0 Å². The fourth-order valence-corrected chi connectivity index (χ4v) is 3.10. The van der Waals surface area contributed by atoms with Crippen molar-refractivity contribution in [3.8, 4) is 0 Å². The molecule has 2 unspecified atom stereocenters. The van der Waals surface area contributed by atoms with E-state index < -0.39 is 0 Å². The van der Waals surface area contributed by atoms with Crippen LogP contribution in [0, 0.1) is 13.8 Å². The van der Waals surface area contributed by atoms with Crippen molar-refractivity contribution in [1.82, 2.24) is 15.8 Å². The lowest BCUT2D eigenvalue weighted by Gasteiger charge is -2.22. The molecule has 0 radical (unpaired) electrons. The van der Waals surface area contributed by atoms with Crippen LogP contribution in [0.15, 0.2) is 9.52 Å². The molecule has 2 rings (SSSR count). The number of halogens is 1. The number of aryl methyl sites for hydroxylation is 2. The van der Waals surface area contributed by atoms with E-state index in [1.807, 2.05) is 13.8 Å². The van der Waals surface area contributed by atoms with Gasteiger partial charge in [-0.1, -0.05) is 12.1 Å². The topological polar surface area (TPSA) is 71.7 Å². The maximum atomic E-state index is 5.80. The van der Waals surface area contributed by atoms with Crippen LogP contribution < -0.4 is 10.6 Å². The summed E-state index contributed by atoms with van der Waals surface area (Å²) >= 11 is 0. The van der Waals surface area contributed by atoms with Gasteiger partial charge in [0, 0.05) is 31.2 Å². The highest BCUT2D eigenvalue weighted by atomic mass is 127. The van der Waals surface area contributed by atoms with Crippen LogP contribution in [0.1, 0.15) is 56.5 Å². The second-order valence-electron chi connectivity index (χ2n) is 6.62. The Hall–Kier alpha value is -0.830. The molecule has 2 atom stereocenters. The van der Waals surface area contributed by atoms with Gasteiger partial charge in [-0.2, -0.15) is 0 Å². The smallest absolute Gasteiger partial charge is 0.191 e. The highest BCUT2D eigenvalue weighted by Gasteiger charge is 2.29. The second-order valence-corrected chi connectivity index (χ2v) is 6.62. The number of aromatic nitrogens is 1. The van der Waals surface area contributed by atoms with Crippen LogP contribution in [-0.2, 0) is 4.74 Å². The summed E-state index contributed by atoms with van der Waals surface area (Å²) < 4.78 is 11.1. The third-order valence-electron chi connectivity index (χ3n) is 4.37. The number of nitrogens with zero attached hydrogens (tertiary/aromatic N) is 2. The molecule has 0 aliphatic carbocycles. The number of ether oxygens (including phenoxy) is 1. The van der Waals surface area contributed by atoms with Crippen LogP contribution in [0.4, 0.5) is 0 Å². The molecule has 6 nitrogen and oxygen atoms in total. The monoisotopic (exact) mass is 450 g/mol. The van der Waals surface area contributed by atoms with Crippen molar-refractivity contribution >= 4 is 29.9 Å². The molecule has 138 valence electrons. The third-order valence-corrected chi connectivity index (χ3v) is 4.37. The first-order valence-corrected chi connectivity index (χ1v) is 8.54. The van der Waals surface area contributed by atoms with Crippen molar-refractivity contribution in [2.45, 2.75) is 59.0 Å². The van der Waals surface area contributed by atoms with E-state index in [9.17, 15) is 0 Å². The summed E-state index contributed by atoms with van der Waals surface area (Å²) in [6.45, 7) is 13.5. The number of aliphatic imine (C=N–C) groups is 1. The molecule has 2 heterocycles. The quantitative estimate of drug-likeness (QED) is 0.396. The maximum Gasteiger partial charge on any atom is 0.191 e. The summed E-state index contributed by atoms with van der Waals surface area (Å²) in [5.74, 6) is 2.04. The Labute approximate surface area is 162 Å². The van der Waals surface area contributed by atoms with Gasteiger partial charge in [-0.05, 0) is 40.5 Å². The van der Waals surface area contributed by atoms with Gasteiger partial charge in [0.15, 0.2) is 5.96 Å². The Bertz CT molecular complexity index is 519. The molecule has 1 aliphatic heterocycles. The normalized spacial score (nSPS) is 22.1. The summed E-state index contributed by atoms with van der Waals surface area (Å²) in [6.07, 6.45) is 2.20. The van der Waals surface area contributed by atoms with Crippen molar-refractivity contribution in [3.63, 3.8) is 0 Å². The van der Waals surface area contributed by atoms with Gasteiger partial charge < -0.3 is 19.9 Å². The van der Waals surface area contributed by atoms with E-state index in [0.29, 0.717) is 12.5 Å².